The second-order valence-electron chi connectivity index (χ2n) is 5.25. The first kappa shape index (κ1) is 14.3. The summed E-state index contributed by atoms with van der Waals surface area (Å²) < 4.78 is 0. The maximum absolute atomic E-state index is 11.6. The summed E-state index contributed by atoms with van der Waals surface area (Å²) in [4.78, 5) is 13.2. The van der Waals surface area contributed by atoms with Crippen LogP contribution in [-0.2, 0) is 0 Å². The van der Waals surface area contributed by atoms with Crippen molar-refractivity contribution in [2.24, 2.45) is 5.92 Å². The fourth-order valence-electron chi connectivity index (χ4n) is 2.32. The normalized spacial score (nSPS) is 28.8. The van der Waals surface area contributed by atoms with E-state index in [1.807, 2.05) is 6.92 Å². The lowest BCUT2D eigenvalue weighted by atomic mass is 9.78. The van der Waals surface area contributed by atoms with Crippen molar-refractivity contribution < 1.29 is 9.90 Å². The number of hydrogen-bond donors (Lipinski definition) is 2. The van der Waals surface area contributed by atoms with Gasteiger partial charge in [-0.3, -0.25) is 0 Å². The average molecular weight is 242 g/mol. The lowest BCUT2D eigenvalue weighted by Gasteiger charge is -2.36. The van der Waals surface area contributed by atoms with Gasteiger partial charge in [0.15, 0.2) is 0 Å². The van der Waals surface area contributed by atoms with Crippen LogP contribution in [0.25, 0.3) is 0 Å². The van der Waals surface area contributed by atoms with Gasteiger partial charge in [0.1, 0.15) is 0 Å². The molecule has 100 valence electrons. The lowest BCUT2D eigenvalue weighted by Crippen LogP contribution is -2.48. The zero-order valence-corrected chi connectivity index (χ0v) is 11.3. The van der Waals surface area contributed by atoms with Crippen LogP contribution in [0.2, 0.25) is 0 Å². The van der Waals surface area contributed by atoms with Gasteiger partial charge in [-0.2, -0.15) is 0 Å². The topological polar surface area (TPSA) is 52.6 Å². The Labute approximate surface area is 104 Å². The molecular weight excluding hydrogens is 216 g/mol. The predicted molar refractivity (Wildman–Crippen MR) is 68.9 cm³/mol. The summed E-state index contributed by atoms with van der Waals surface area (Å²) >= 11 is 0. The molecule has 0 aromatic rings. The number of carbonyl (C=O) groups is 1. The van der Waals surface area contributed by atoms with Crippen LogP contribution in [0.15, 0.2) is 0 Å². The highest BCUT2D eigenvalue weighted by molar-refractivity contribution is 5.73. The Hall–Kier alpha value is -0.770. The van der Waals surface area contributed by atoms with Gasteiger partial charge in [-0.15, -0.1) is 0 Å². The number of nitrogens with one attached hydrogen (secondary N) is 1. The van der Waals surface area contributed by atoms with Crippen molar-refractivity contribution in [3.05, 3.63) is 0 Å². The number of nitrogens with zero attached hydrogens (tertiary/aromatic N) is 1. The number of carbonyl (C=O) groups excluding carboxylic acids is 1. The molecule has 0 aromatic carbocycles. The minimum absolute atomic E-state index is 0.0986. The number of aliphatic hydroxyl groups is 1. The molecule has 1 aliphatic carbocycles. The SMILES string of the molecule is CCC1CCC(O)(CNC(=O)N(C)CC)CC1. The smallest absolute Gasteiger partial charge is 0.317 e. The van der Waals surface area contributed by atoms with Crippen molar-refractivity contribution in [1.29, 1.82) is 0 Å². The molecule has 0 atom stereocenters. The second kappa shape index (κ2) is 6.24. The highest BCUT2D eigenvalue weighted by atomic mass is 16.3. The van der Waals surface area contributed by atoms with E-state index >= 15 is 0 Å². The standard InChI is InChI=1S/C13H26N2O2/c1-4-11-6-8-13(17,9-7-11)10-14-12(16)15(3)5-2/h11,17H,4-10H2,1-3H3,(H,14,16). The van der Waals surface area contributed by atoms with Crippen LogP contribution in [0.3, 0.4) is 0 Å². The van der Waals surface area contributed by atoms with Crippen LogP contribution in [0.5, 0.6) is 0 Å². The van der Waals surface area contributed by atoms with Crippen LogP contribution in [0.4, 0.5) is 4.79 Å². The lowest BCUT2D eigenvalue weighted by molar-refractivity contribution is -0.00708. The van der Waals surface area contributed by atoms with Crippen LogP contribution >= 0.6 is 0 Å². The molecule has 4 heteroatoms. The predicted octanol–water partition coefficient (Wildman–Crippen LogP) is 1.98. The maximum atomic E-state index is 11.6. The molecule has 1 saturated carbocycles. The summed E-state index contributed by atoms with van der Waals surface area (Å²) in [5, 5.41) is 13.2. The number of urea groups is 1. The summed E-state index contributed by atoms with van der Waals surface area (Å²) in [6.07, 6.45) is 4.96. The van der Waals surface area contributed by atoms with Crippen molar-refractivity contribution in [1.82, 2.24) is 10.2 Å². The summed E-state index contributed by atoms with van der Waals surface area (Å²) in [5.41, 5.74) is -0.685. The maximum Gasteiger partial charge on any atom is 0.317 e. The zero-order chi connectivity index (χ0) is 12.9. The van der Waals surface area contributed by atoms with Gasteiger partial charge < -0.3 is 15.3 Å². The van der Waals surface area contributed by atoms with Crippen molar-refractivity contribution in [2.75, 3.05) is 20.1 Å². The third-order valence-electron chi connectivity index (χ3n) is 4.00. The third kappa shape index (κ3) is 4.19. The third-order valence-corrected chi connectivity index (χ3v) is 4.00. The highest BCUT2D eigenvalue weighted by Gasteiger charge is 2.32. The molecule has 2 N–H and O–H groups in total. The Bertz CT molecular complexity index is 248. The molecule has 1 fully saturated rings. The van der Waals surface area contributed by atoms with Crippen LogP contribution in [0.1, 0.15) is 46.0 Å². The van der Waals surface area contributed by atoms with E-state index in [1.165, 1.54) is 6.42 Å². The first-order chi connectivity index (χ1) is 8.00. The molecular formula is C13H26N2O2. The van der Waals surface area contributed by atoms with E-state index in [9.17, 15) is 9.90 Å². The number of amides is 2. The molecule has 1 aliphatic rings. The van der Waals surface area contributed by atoms with Gasteiger partial charge in [0, 0.05) is 20.1 Å². The van der Waals surface area contributed by atoms with Crippen molar-refractivity contribution in [3.63, 3.8) is 0 Å². The molecule has 0 aromatic heterocycles. The fourth-order valence-corrected chi connectivity index (χ4v) is 2.32. The van der Waals surface area contributed by atoms with Crippen LogP contribution in [0, 0.1) is 5.92 Å². The van der Waals surface area contributed by atoms with Gasteiger partial charge in [0.2, 0.25) is 0 Å². The van der Waals surface area contributed by atoms with E-state index in [-0.39, 0.29) is 6.03 Å². The first-order valence-electron chi connectivity index (χ1n) is 6.72. The molecule has 17 heavy (non-hydrogen) atoms. The molecule has 0 unspecified atom stereocenters. The second-order valence-corrected chi connectivity index (χ2v) is 5.25. The van der Waals surface area contributed by atoms with Gasteiger partial charge in [-0.25, -0.2) is 4.79 Å². The average Bonchev–Trinajstić information content (AvgIpc) is 2.36. The van der Waals surface area contributed by atoms with E-state index in [2.05, 4.69) is 12.2 Å². The van der Waals surface area contributed by atoms with E-state index in [0.717, 1.165) is 31.6 Å². The molecule has 4 nitrogen and oxygen atoms in total. The van der Waals surface area contributed by atoms with E-state index in [1.54, 1.807) is 11.9 Å². The summed E-state index contributed by atoms with van der Waals surface area (Å²) in [5.74, 6) is 0.754. The summed E-state index contributed by atoms with van der Waals surface area (Å²) in [6, 6.07) is -0.0986. The number of hydrogen-bond acceptors (Lipinski definition) is 2. The quantitative estimate of drug-likeness (QED) is 0.792. The Morgan fingerprint density at radius 1 is 1.41 bits per heavy atom. The minimum Gasteiger partial charge on any atom is -0.388 e. The minimum atomic E-state index is -0.685. The summed E-state index contributed by atoms with van der Waals surface area (Å²) in [6.45, 7) is 5.20. The van der Waals surface area contributed by atoms with Crippen LogP contribution in [-0.4, -0.2) is 41.8 Å². The Kier molecular flexibility index (Phi) is 5.25. The number of rotatable bonds is 4. The van der Waals surface area contributed by atoms with Gasteiger partial charge in [-0.05, 0) is 38.5 Å². The van der Waals surface area contributed by atoms with Crippen molar-refractivity contribution in [3.8, 4) is 0 Å². The zero-order valence-electron chi connectivity index (χ0n) is 11.3. The molecule has 0 aliphatic heterocycles. The van der Waals surface area contributed by atoms with Gasteiger partial charge in [0.05, 0.1) is 5.60 Å². The first-order valence-corrected chi connectivity index (χ1v) is 6.72. The monoisotopic (exact) mass is 242 g/mol. The van der Waals surface area contributed by atoms with E-state index in [0.29, 0.717) is 13.1 Å². The van der Waals surface area contributed by atoms with E-state index < -0.39 is 5.60 Å². The molecule has 0 bridgehead atoms. The van der Waals surface area contributed by atoms with Crippen molar-refractivity contribution >= 4 is 6.03 Å². The van der Waals surface area contributed by atoms with Gasteiger partial charge in [-0.1, -0.05) is 13.3 Å². The molecule has 2 amide bonds. The Morgan fingerprint density at radius 3 is 2.47 bits per heavy atom. The van der Waals surface area contributed by atoms with Gasteiger partial charge >= 0.3 is 6.03 Å². The molecule has 1 rings (SSSR count). The fraction of sp³-hybridized carbons (Fsp3) is 0.923. The largest absolute Gasteiger partial charge is 0.388 e. The summed E-state index contributed by atoms with van der Waals surface area (Å²) in [7, 11) is 1.76. The molecule has 0 heterocycles. The van der Waals surface area contributed by atoms with Crippen molar-refractivity contribution in [2.45, 2.75) is 51.6 Å². The molecule has 0 radical (unpaired) electrons. The molecule has 0 spiro atoms. The Morgan fingerprint density at radius 2 is 2.00 bits per heavy atom. The Balaban J connectivity index is 2.34. The van der Waals surface area contributed by atoms with E-state index in [4.69, 9.17) is 0 Å². The molecule has 0 saturated heterocycles. The van der Waals surface area contributed by atoms with Crippen LogP contribution < -0.4 is 5.32 Å². The van der Waals surface area contributed by atoms with Gasteiger partial charge in [0.25, 0.3) is 0 Å². The highest BCUT2D eigenvalue weighted by Crippen LogP contribution is 2.33.